The van der Waals surface area contributed by atoms with Gasteiger partial charge in [0.25, 0.3) is 0 Å². The number of hydrogen-bond acceptors (Lipinski definition) is 4. The van der Waals surface area contributed by atoms with Gasteiger partial charge in [0.05, 0.1) is 16.1 Å². The van der Waals surface area contributed by atoms with Crippen LogP contribution in [0.25, 0.3) is 0 Å². The summed E-state index contributed by atoms with van der Waals surface area (Å²) in [6.45, 7) is 6.84. The van der Waals surface area contributed by atoms with Gasteiger partial charge < -0.3 is 15.2 Å². The van der Waals surface area contributed by atoms with Gasteiger partial charge in [-0.2, -0.15) is 0 Å². The number of urea groups is 1. The molecule has 2 unspecified atom stereocenters. The SMILES string of the molecule is CC1=NC(=O)NC(c2cc(Cl)c(O)c(Cl)c2)C1C(=O)OC(C)(C)C. The van der Waals surface area contributed by atoms with Crippen LogP contribution in [0.4, 0.5) is 4.79 Å². The maximum absolute atomic E-state index is 12.6. The molecule has 2 amide bonds. The van der Waals surface area contributed by atoms with Gasteiger partial charge in [-0.15, -0.1) is 0 Å². The third-order valence-corrected chi connectivity index (χ3v) is 3.98. The van der Waals surface area contributed by atoms with Crippen LogP contribution in [-0.2, 0) is 9.53 Å². The highest BCUT2D eigenvalue weighted by atomic mass is 35.5. The van der Waals surface area contributed by atoms with Crippen molar-refractivity contribution in [1.29, 1.82) is 0 Å². The molecule has 0 saturated heterocycles. The van der Waals surface area contributed by atoms with Crippen LogP contribution >= 0.6 is 23.2 Å². The number of aliphatic imine (C=N–C) groups is 1. The van der Waals surface area contributed by atoms with Gasteiger partial charge in [-0.1, -0.05) is 23.2 Å². The zero-order valence-corrected chi connectivity index (χ0v) is 15.2. The molecule has 0 fully saturated rings. The van der Waals surface area contributed by atoms with E-state index in [9.17, 15) is 14.7 Å². The maximum atomic E-state index is 12.6. The van der Waals surface area contributed by atoms with Crippen LogP contribution in [0.15, 0.2) is 17.1 Å². The lowest BCUT2D eigenvalue weighted by Gasteiger charge is -2.32. The first-order valence-corrected chi connectivity index (χ1v) is 8.01. The van der Waals surface area contributed by atoms with Gasteiger partial charge in [-0.05, 0) is 45.4 Å². The number of rotatable bonds is 2. The molecule has 1 aromatic rings. The summed E-state index contributed by atoms with van der Waals surface area (Å²) in [6.07, 6.45) is 0. The summed E-state index contributed by atoms with van der Waals surface area (Å²) in [4.78, 5) is 28.2. The Labute approximate surface area is 149 Å². The third-order valence-electron chi connectivity index (χ3n) is 3.40. The van der Waals surface area contributed by atoms with Gasteiger partial charge in [-0.3, -0.25) is 4.79 Å². The molecule has 1 aromatic carbocycles. The van der Waals surface area contributed by atoms with Gasteiger partial charge >= 0.3 is 12.0 Å². The van der Waals surface area contributed by atoms with Crippen molar-refractivity contribution in [2.45, 2.75) is 39.3 Å². The van der Waals surface area contributed by atoms with Crippen molar-refractivity contribution in [3.8, 4) is 5.75 Å². The van der Waals surface area contributed by atoms with Crippen molar-refractivity contribution in [3.05, 3.63) is 27.7 Å². The Bertz CT molecular complexity index is 702. The fourth-order valence-corrected chi connectivity index (χ4v) is 2.94. The minimum absolute atomic E-state index is 0.0230. The maximum Gasteiger partial charge on any atom is 0.341 e. The van der Waals surface area contributed by atoms with Crippen molar-refractivity contribution >= 4 is 40.9 Å². The van der Waals surface area contributed by atoms with Crippen LogP contribution in [0.5, 0.6) is 5.75 Å². The molecular formula is C16H18Cl2N2O4. The van der Waals surface area contributed by atoms with E-state index in [0.29, 0.717) is 11.3 Å². The van der Waals surface area contributed by atoms with E-state index in [1.165, 1.54) is 12.1 Å². The van der Waals surface area contributed by atoms with E-state index in [-0.39, 0.29) is 15.8 Å². The zero-order valence-electron chi connectivity index (χ0n) is 13.7. The van der Waals surface area contributed by atoms with Gasteiger partial charge in [-0.25, -0.2) is 9.79 Å². The molecule has 1 aliphatic rings. The fourth-order valence-electron chi connectivity index (χ4n) is 2.43. The van der Waals surface area contributed by atoms with Crippen molar-refractivity contribution in [2.75, 3.05) is 0 Å². The molecule has 0 aliphatic carbocycles. The highest BCUT2D eigenvalue weighted by Gasteiger charge is 2.39. The first-order chi connectivity index (χ1) is 11.0. The van der Waals surface area contributed by atoms with Crippen LogP contribution in [0, 0.1) is 5.92 Å². The number of phenolic OH excluding ortho intramolecular Hbond substituents is 1. The molecule has 2 atom stereocenters. The van der Waals surface area contributed by atoms with Crippen LogP contribution < -0.4 is 5.32 Å². The molecule has 0 radical (unpaired) electrons. The van der Waals surface area contributed by atoms with E-state index in [2.05, 4.69) is 10.3 Å². The number of carbonyl (C=O) groups excluding carboxylic acids is 2. The summed E-state index contributed by atoms with van der Waals surface area (Å²) in [5.41, 5.74) is 0.118. The van der Waals surface area contributed by atoms with Crippen LogP contribution in [0.3, 0.4) is 0 Å². The number of halogens is 2. The molecule has 0 bridgehead atoms. The summed E-state index contributed by atoms with van der Waals surface area (Å²) >= 11 is 11.9. The lowest BCUT2D eigenvalue weighted by molar-refractivity contribution is -0.158. The lowest BCUT2D eigenvalue weighted by atomic mass is 9.88. The quantitative estimate of drug-likeness (QED) is 0.770. The molecule has 130 valence electrons. The monoisotopic (exact) mass is 372 g/mol. The number of esters is 1. The predicted molar refractivity (Wildman–Crippen MR) is 91.8 cm³/mol. The van der Waals surface area contributed by atoms with E-state index in [1.807, 2.05) is 0 Å². The third kappa shape index (κ3) is 3.99. The van der Waals surface area contributed by atoms with Crippen molar-refractivity contribution in [2.24, 2.45) is 10.9 Å². The number of ether oxygens (including phenoxy) is 1. The Morgan fingerprint density at radius 1 is 1.29 bits per heavy atom. The van der Waals surface area contributed by atoms with Crippen molar-refractivity contribution in [1.82, 2.24) is 5.32 Å². The molecule has 0 aromatic heterocycles. The van der Waals surface area contributed by atoms with Gasteiger partial charge in [0.15, 0.2) is 5.75 Å². The summed E-state index contributed by atoms with van der Waals surface area (Å²) in [5, 5.41) is 12.4. The zero-order chi connectivity index (χ0) is 18.2. The summed E-state index contributed by atoms with van der Waals surface area (Å²) < 4.78 is 5.43. The molecule has 2 rings (SSSR count). The molecule has 8 heteroatoms. The molecule has 2 N–H and O–H groups in total. The molecule has 0 spiro atoms. The second-order valence-electron chi connectivity index (χ2n) is 6.52. The Morgan fingerprint density at radius 2 is 1.83 bits per heavy atom. The Hall–Kier alpha value is -1.79. The normalized spacial score (nSPS) is 21.1. The number of carbonyl (C=O) groups is 2. The number of nitrogens with zero attached hydrogens (tertiary/aromatic N) is 1. The average molecular weight is 373 g/mol. The summed E-state index contributed by atoms with van der Waals surface area (Å²) in [5.74, 6) is -1.60. The number of phenols is 1. The lowest BCUT2D eigenvalue weighted by Crippen LogP contribution is -2.45. The smallest absolute Gasteiger partial charge is 0.341 e. The van der Waals surface area contributed by atoms with Crippen LogP contribution in [-0.4, -0.2) is 28.4 Å². The van der Waals surface area contributed by atoms with Gasteiger partial charge in [0, 0.05) is 5.71 Å². The molecule has 24 heavy (non-hydrogen) atoms. The second-order valence-corrected chi connectivity index (χ2v) is 7.34. The van der Waals surface area contributed by atoms with Crippen molar-refractivity contribution < 1.29 is 19.4 Å². The minimum atomic E-state index is -0.821. The minimum Gasteiger partial charge on any atom is -0.505 e. The topological polar surface area (TPSA) is 88.0 Å². The summed E-state index contributed by atoms with van der Waals surface area (Å²) in [6, 6.07) is 1.57. The van der Waals surface area contributed by atoms with E-state index in [4.69, 9.17) is 27.9 Å². The number of hydrogen-bond donors (Lipinski definition) is 2. The first-order valence-electron chi connectivity index (χ1n) is 7.26. The molecule has 1 heterocycles. The van der Waals surface area contributed by atoms with Gasteiger partial charge in [0.1, 0.15) is 11.5 Å². The number of nitrogens with one attached hydrogen (secondary N) is 1. The van der Waals surface area contributed by atoms with E-state index >= 15 is 0 Å². The standard InChI is InChI=1S/C16H18Cl2N2O4/c1-7-11(14(22)24-16(2,3)4)12(20-15(23)19-7)8-5-9(17)13(21)10(18)6-8/h5-6,11-12,21H,1-4H3,(H,20,23). The highest BCUT2D eigenvalue weighted by Crippen LogP contribution is 2.37. The average Bonchev–Trinajstić information content (AvgIpc) is 2.41. The molecule has 0 saturated carbocycles. The van der Waals surface area contributed by atoms with Crippen LogP contribution in [0.2, 0.25) is 10.0 Å². The second kappa shape index (κ2) is 6.61. The van der Waals surface area contributed by atoms with Gasteiger partial charge in [0.2, 0.25) is 0 Å². The van der Waals surface area contributed by atoms with Crippen LogP contribution in [0.1, 0.15) is 39.3 Å². The Kier molecular flexibility index (Phi) is 5.11. The van der Waals surface area contributed by atoms with E-state index in [0.717, 1.165) is 0 Å². The Balaban J connectivity index is 2.47. The fraction of sp³-hybridized carbons (Fsp3) is 0.438. The van der Waals surface area contributed by atoms with Crippen molar-refractivity contribution in [3.63, 3.8) is 0 Å². The molecule has 1 aliphatic heterocycles. The molecule has 6 nitrogen and oxygen atoms in total. The summed E-state index contributed by atoms with van der Waals surface area (Å²) in [7, 11) is 0. The number of aromatic hydroxyl groups is 1. The predicted octanol–water partition coefficient (Wildman–Crippen LogP) is 3.88. The van der Waals surface area contributed by atoms with E-state index < -0.39 is 29.6 Å². The molecular weight excluding hydrogens is 355 g/mol. The highest BCUT2D eigenvalue weighted by molar-refractivity contribution is 6.37. The number of benzene rings is 1. The Morgan fingerprint density at radius 3 is 2.33 bits per heavy atom. The van der Waals surface area contributed by atoms with E-state index in [1.54, 1.807) is 27.7 Å². The number of amides is 2. The first kappa shape index (κ1) is 18.5. The largest absolute Gasteiger partial charge is 0.505 e.